The molecule has 0 saturated heterocycles. The van der Waals surface area contributed by atoms with Crippen LogP contribution in [-0.4, -0.2) is 15.6 Å². The third kappa shape index (κ3) is 1.91. The van der Waals surface area contributed by atoms with E-state index in [1.807, 2.05) is 0 Å². The average molecular weight is 273 g/mol. The summed E-state index contributed by atoms with van der Waals surface area (Å²) in [6.45, 7) is 1.70. The topological polar surface area (TPSA) is 85.6 Å². The largest absolute Gasteiger partial charge is 0.478 e. The van der Waals surface area contributed by atoms with Crippen LogP contribution in [0.15, 0.2) is 44.0 Å². The van der Waals surface area contributed by atoms with Gasteiger partial charge in [-0.05, 0) is 25.1 Å². The number of hydrogen-bond acceptors (Lipinski definition) is 4. The van der Waals surface area contributed by atoms with Gasteiger partial charge >= 0.3 is 11.7 Å². The highest BCUT2D eigenvalue weighted by Crippen LogP contribution is 2.18. The normalized spacial score (nSPS) is 11.1. The molecule has 6 nitrogen and oxygen atoms in total. The van der Waals surface area contributed by atoms with Crippen molar-refractivity contribution < 1.29 is 18.7 Å². The molecule has 0 amide bonds. The van der Waals surface area contributed by atoms with Crippen molar-refractivity contribution in [3.63, 3.8) is 0 Å². The summed E-state index contributed by atoms with van der Waals surface area (Å²) < 4.78 is 11.9. The van der Waals surface area contributed by atoms with Crippen molar-refractivity contribution in [3.8, 4) is 0 Å². The number of carbonyl (C=O) groups is 1. The summed E-state index contributed by atoms with van der Waals surface area (Å²) in [5.41, 5.74) is 1.23. The lowest BCUT2D eigenvalue weighted by Gasteiger charge is -1.98. The monoisotopic (exact) mass is 273 g/mol. The van der Waals surface area contributed by atoms with Crippen molar-refractivity contribution in [2.75, 3.05) is 0 Å². The molecule has 2 aromatic heterocycles. The van der Waals surface area contributed by atoms with E-state index in [9.17, 15) is 9.59 Å². The second kappa shape index (κ2) is 4.41. The Hall–Kier alpha value is -2.76. The average Bonchev–Trinajstić information content (AvgIpc) is 2.92. The summed E-state index contributed by atoms with van der Waals surface area (Å²) in [7, 11) is 0. The van der Waals surface area contributed by atoms with E-state index < -0.39 is 11.7 Å². The van der Waals surface area contributed by atoms with Crippen molar-refractivity contribution in [2.45, 2.75) is 13.5 Å². The van der Waals surface area contributed by atoms with Gasteiger partial charge in [-0.15, -0.1) is 0 Å². The van der Waals surface area contributed by atoms with E-state index in [2.05, 4.69) is 0 Å². The summed E-state index contributed by atoms with van der Waals surface area (Å²) in [5.74, 6) is -0.846. The van der Waals surface area contributed by atoms with Crippen molar-refractivity contribution >= 4 is 17.1 Å². The SMILES string of the molecule is Cc1oc(Cn2c(=O)oc3ccccc32)cc1C(=O)O. The summed E-state index contributed by atoms with van der Waals surface area (Å²) >= 11 is 0. The van der Waals surface area contributed by atoms with Gasteiger partial charge in [0.05, 0.1) is 12.1 Å². The number of fused-ring (bicyclic) bond motifs is 1. The van der Waals surface area contributed by atoms with Crippen molar-refractivity contribution in [2.24, 2.45) is 0 Å². The molecule has 0 bridgehead atoms. The Morgan fingerprint density at radius 2 is 2.05 bits per heavy atom. The zero-order valence-corrected chi connectivity index (χ0v) is 10.6. The number of rotatable bonds is 3. The van der Waals surface area contributed by atoms with Crippen molar-refractivity contribution in [1.82, 2.24) is 4.57 Å². The molecule has 3 aromatic rings. The Labute approximate surface area is 112 Å². The second-order valence-corrected chi connectivity index (χ2v) is 4.41. The molecule has 0 fully saturated rings. The first-order valence-electron chi connectivity index (χ1n) is 5.97. The number of para-hydroxylation sites is 2. The van der Waals surface area contributed by atoms with Gasteiger partial charge in [0.1, 0.15) is 17.1 Å². The molecule has 20 heavy (non-hydrogen) atoms. The number of hydrogen-bond donors (Lipinski definition) is 1. The summed E-state index contributed by atoms with van der Waals surface area (Å²) in [5, 5.41) is 8.98. The molecule has 0 unspecified atom stereocenters. The number of furan rings is 1. The van der Waals surface area contributed by atoms with Crippen LogP contribution in [-0.2, 0) is 6.54 Å². The Balaban J connectivity index is 2.05. The fourth-order valence-electron chi connectivity index (χ4n) is 2.15. The first-order valence-corrected chi connectivity index (χ1v) is 5.97. The number of aromatic nitrogens is 1. The van der Waals surface area contributed by atoms with Crippen molar-refractivity contribution in [1.29, 1.82) is 0 Å². The van der Waals surface area contributed by atoms with E-state index >= 15 is 0 Å². The van der Waals surface area contributed by atoms with Crippen LogP contribution in [0, 0.1) is 6.92 Å². The lowest BCUT2D eigenvalue weighted by Crippen LogP contribution is -2.14. The maximum absolute atomic E-state index is 11.8. The maximum atomic E-state index is 11.8. The number of aryl methyl sites for hydroxylation is 1. The molecule has 3 rings (SSSR count). The molecule has 0 aliphatic carbocycles. The molecule has 2 heterocycles. The molecule has 0 aliphatic heterocycles. The molecule has 102 valence electrons. The summed E-state index contributed by atoms with van der Waals surface area (Å²) in [4.78, 5) is 22.8. The van der Waals surface area contributed by atoms with E-state index in [1.54, 1.807) is 31.2 Å². The van der Waals surface area contributed by atoms with Gasteiger partial charge in [-0.2, -0.15) is 0 Å². The highest BCUT2D eigenvalue weighted by Gasteiger charge is 2.16. The lowest BCUT2D eigenvalue weighted by atomic mass is 10.2. The maximum Gasteiger partial charge on any atom is 0.420 e. The Kier molecular flexibility index (Phi) is 2.71. The molecule has 0 radical (unpaired) electrons. The third-order valence-electron chi connectivity index (χ3n) is 3.09. The minimum absolute atomic E-state index is 0.0980. The third-order valence-corrected chi connectivity index (χ3v) is 3.09. The Bertz CT molecular complexity index is 852. The number of benzene rings is 1. The van der Waals surface area contributed by atoms with E-state index in [4.69, 9.17) is 13.9 Å². The van der Waals surface area contributed by atoms with E-state index in [0.29, 0.717) is 22.6 Å². The van der Waals surface area contributed by atoms with E-state index in [-0.39, 0.29) is 12.1 Å². The van der Waals surface area contributed by atoms with Gasteiger partial charge in [-0.1, -0.05) is 12.1 Å². The standard InChI is InChI=1S/C14H11NO5/c1-8-10(13(16)17)6-9(19-8)7-15-11-4-2-3-5-12(11)20-14(15)18/h2-6H,7H2,1H3,(H,16,17). The van der Waals surface area contributed by atoms with Gasteiger partial charge in [0.2, 0.25) is 0 Å². The summed E-state index contributed by atoms with van der Waals surface area (Å²) in [6.07, 6.45) is 0. The van der Waals surface area contributed by atoms with Crippen LogP contribution in [0.3, 0.4) is 0 Å². The predicted molar refractivity (Wildman–Crippen MR) is 70.0 cm³/mol. The highest BCUT2D eigenvalue weighted by atomic mass is 16.4. The highest BCUT2D eigenvalue weighted by molar-refractivity contribution is 5.88. The van der Waals surface area contributed by atoms with Crippen LogP contribution < -0.4 is 5.76 Å². The number of carboxylic acids is 1. The van der Waals surface area contributed by atoms with Crippen LogP contribution in [0.2, 0.25) is 0 Å². The molecular formula is C14H11NO5. The van der Waals surface area contributed by atoms with Gasteiger partial charge < -0.3 is 13.9 Å². The van der Waals surface area contributed by atoms with Gasteiger partial charge in [0.15, 0.2) is 5.58 Å². The van der Waals surface area contributed by atoms with Gasteiger partial charge in [0.25, 0.3) is 0 Å². The number of carboxylic acid groups (broad SMARTS) is 1. The summed E-state index contributed by atoms with van der Waals surface area (Å²) in [6, 6.07) is 8.45. The van der Waals surface area contributed by atoms with Gasteiger partial charge in [-0.3, -0.25) is 4.57 Å². The molecule has 0 spiro atoms. The molecule has 0 saturated carbocycles. The van der Waals surface area contributed by atoms with Gasteiger partial charge in [-0.25, -0.2) is 9.59 Å². The first kappa shape index (κ1) is 12.3. The van der Waals surface area contributed by atoms with Crippen LogP contribution in [0.5, 0.6) is 0 Å². The molecular weight excluding hydrogens is 262 g/mol. The molecule has 6 heteroatoms. The minimum atomic E-state index is -1.05. The van der Waals surface area contributed by atoms with Gasteiger partial charge in [0, 0.05) is 0 Å². The molecule has 0 aliphatic rings. The quantitative estimate of drug-likeness (QED) is 0.791. The second-order valence-electron chi connectivity index (χ2n) is 4.41. The van der Waals surface area contributed by atoms with E-state index in [1.165, 1.54) is 10.6 Å². The van der Waals surface area contributed by atoms with Crippen LogP contribution in [0.4, 0.5) is 0 Å². The fourth-order valence-corrected chi connectivity index (χ4v) is 2.15. The smallest absolute Gasteiger partial charge is 0.420 e. The lowest BCUT2D eigenvalue weighted by molar-refractivity contribution is 0.0695. The van der Waals surface area contributed by atoms with Crippen LogP contribution in [0.25, 0.3) is 11.1 Å². The van der Waals surface area contributed by atoms with Crippen LogP contribution >= 0.6 is 0 Å². The predicted octanol–water partition coefficient (Wildman–Crippen LogP) is 2.24. The first-order chi connectivity index (χ1) is 9.56. The van der Waals surface area contributed by atoms with Crippen LogP contribution in [0.1, 0.15) is 21.9 Å². The van der Waals surface area contributed by atoms with Crippen molar-refractivity contribution in [3.05, 3.63) is 58.0 Å². The number of aromatic carboxylic acids is 1. The minimum Gasteiger partial charge on any atom is -0.478 e. The van der Waals surface area contributed by atoms with E-state index in [0.717, 1.165) is 0 Å². The Morgan fingerprint density at radius 1 is 1.30 bits per heavy atom. The number of nitrogens with zero attached hydrogens (tertiary/aromatic N) is 1. The molecule has 1 N–H and O–H groups in total. The fraction of sp³-hybridized carbons (Fsp3) is 0.143. The molecule has 0 atom stereocenters. The number of oxazole rings is 1. The zero-order valence-electron chi connectivity index (χ0n) is 10.6. The molecule has 1 aromatic carbocycles. The Morgan fingerprint density at radius 3 is 2.75 bits per heavy atom. The zero-order chi connectivity index (χ0) is 14.3.